The number of nitrogens with zero attached hydrogens (tertiary/aromatic N) is 1. The molecule has 11 aromatic rings. The van der Waals surface area contributed by atoms with Gasteiger partial charge in [-0.15, -0.1) is 0 Å². The van der Waals surface area contributed by atoms with E-state index in [1.807, 2.05) is 36.4 Å². The molecule has 0 aliphatic heterocycles. The van der Waals surface area contributed by atoms with E-state index in [0.29, 0.717) is 0 Å². The van der Waals surface area contributed by atoms with Crippen LogP contribution < -0.4 is 4.90 Å². The Bertz CT molecular complexity index is 3130. The summed E-state index contributed by atoms with van der Waals surface area (Å²) in [7, 11) is 0. The highest BCUT2D eigenvalue weighted by Gasteiger charge is 2.24. The van der Waals surface area contributed by atoms with Gasteiger partial charge in [0.2, 0.25) is 0 Å². The summed E-state index contributed by atoms with van der Waals surface area (Å²) in [5, 5.41) is 6.25. The van der Waals surface area contributed by atoms with Gasteiger partial charge in [0.1, 0.15) is 27.9 Å². The van der Waals surface area contributed by atoms with Crippen LogP contribution in [0, 0.1) is 0 Å². The van der Waals surface area contributed by atoms with Crippen molar-refractivity contribution in [3.63, 3.8) is 0 Å². The molecule has 8 aromatic carbocycles. The summed E-state index contributed by atoms with van der Waals surface area (Å²) in [6.07, 6.45) is 0. The highest BCUT2D eigenvalue weighted by atomic mass is 16.3. The van der Waals surface area contributed by atoms with Gasteiger partial charge in [0.05, 0.1) is 22.1 Å². The average molecular weight is 668 g/mol. The summed E-state index contributed by atoms with van der Waals surface area (Å²) in [6, 6.07) is 61.3. The van der Waals surface area contributed by atoms with Crippen LogP contribution in [-0.2, 0) is 0 Å². The fourth-order valence-corrected chi connectivity index (χ4v) is 7.89. The zero-order valence-electron chi connectivity index (χ0n) is 27.9. The molecular weight excluding hydrogens is 639 g/mol. The third-order valence-electron chi connectivity index (χ3n) is 10.3. The second-order valence-corrected chi connectivity index (χ2v) is 13.2. The SMILES string of the molecule is c1ccc(-c2cccc(-c3ccc(N(c4cccc5c4oc4c5ccc5oc6ccccc6c54)c4cccc5oc6ccccc6c45)cc3)c2)cc1. The summed E-state index contributed by atoms with van der Waals surface area (Å²) >= 11 is 0. The fraction of sp³-hybridized carbons (Fsp3) is 0. The Hall–Kier alpha value is -7.04. The van der Waals surface area contributed by atoms with Gasteiger partial charge >= 0.3 is 0 Å². The summed E-state index contributed by atoms with van der Waals surface area (Å²) in [6.45, 7) is 0. The van der Waals surface area contributed by atoms with E-state index in [9.17, 15) is 0 Å². The van der Waals surface area contributed by atoms with Crippen molar-refractivity contribution in [3.8, 4) is 22.3 Å². The van der Waals surface area contributed by atoms with Crippen molar-refractivity contribution >= 4 is 82.9 Å². The van der Waals surface area contributed by atoms with Crippen molar-refractivity contribution in [2.75, 3.05) is 4.90 Å². The van der Waals surface area contributed by atoms with Crippen LogP contribution >= 0.6 is 0 Å². The molecule has 0 spiro atoms. The van der Waals surface area contributed by atoms with Gasteiger partial charge < -0.3 is 18.2 Å². The summed E-state index contributed by atoms with van der Waals surface area (Å²) in [5.74, 6) is 0. The molecule has 0 N–H and O–H groups in total. The third kappa shape index (κ3) is 4.34. The van der Waals surface area contributed by atoms with Crippen LogP contribution in [0.2, 0.25) is 0 Å². The predicted octanol–water partition coefficient (Wildman–Crippen LogP) is 14.2. The molecule has 0 bridgehead atoms. The van der Waals surface area contributed by atoms with E-state index in [2.05, 4.69) is 144 Å². The maximum Gasteiger partial charge on any atom is 0.159 e. The lowest BCUT2D eigenvalue weighted by atomic mass is 9.98. The largest absolute Gasteiger partial charge is 0.456 e. The number of fused-ring (bicyclic) bond motifs is 10. The van der Waals surface area contributed by atoms with E-state index < -0.39 is 0 Å². The van der Waals surface area contributed by atoms with Crippen molar-refractivity contribution in [2.45, 2.75) is 0 Å². The van der Waals surface area contributed by atoms with Gasteiger partial charge in [0, 0.05) is 27.2 Å². The molecule has 0 unspecified atom stereocenters. The maximum atomic E-state index is 6.99. The first kappa shape index (κ1) is 28.8. The Morgan fingerprint density at radius 2 is 0.846 bits per heavy atom. The zero-order chi connectivity index (χ0) is 34.2. The molecule has 0 radical (unpaired) electrons. The minimum absolute atomic E-state index is 0.805. The van der Waals surface area contributed by atoms with Crippen LogP contribution in [0.15, 0.2) is 189 Å². The topological polar surface area (TPSA) is 42.7 Å². The second kappa shape index (κ2) is 11.2. The van der Waals surface area contributed by atoms with E-state index >= 15 is 0 Å². The van der Waals surface area contributed by atoms with Crippen molar-refractivity contribution < 1.29 is 13.3 Å². The van der Waals surface area contributed by atoms with Crippen molar-refractivity contribution in [3.05, 3.63) is 176 Å². The molecule has 3 aromatic heterocycles. The standard InChI is InChI=1S/C48H29NO3/c1-2-11-30(12-3-1)32-13-8-14-33(29-32)31-23-25-34(26-24-31)49(39-18-10-22-43-45(39)37-15-4-6-20-41(37)50-43)40-19-9-17-35-36-27-28-44-46(48(36)52-47(35)40)38-16-5-7-21-42(38)51-44/h1-29H. The van der Waals surface area contributed by atoms with Crippen molar-refractivity contribution in [1.82, 2.24) is 0 Å². The molecule has 0 amide bonds. The average Bonchev–Trinajstić information content (AvgIpc) is 3.90. The molecule has 4 heteroatoms. The number of furan rings is 3. The Balaban J connectivity index is 1.14. The molecular formula is C48H29NO3. The van der Waals surface area contributed by atoms with E-state index in [0.717, 1.165) is 94.0 Å². The molecule has 4 nitrogen and oxygen atoms in total. The number of hydrogen-bond donors (Lipinski definition) is 0. The highest BCUT2D eigenvalue weighted by molar-refractivity contribution is 6.23. The number of anilines is 3. The second-order valence-electron chi connectivity index (χ2n) is 13.2. The number of benzene rings is 8. The first-order valence-electron chi connectivity index (χ1n) is 17.5. The molecule has 244 valence electrons. The quantitative estimate of drug-likeness (QED) is 0.183. The summed E-state index contributed by atoms with van der Waals surface area (Å²) in [5.41, 5.74) is 12.6. The Kier molecular flexibility index (Phi) is 6.22. The molecule has 0 saturated heterocycles. The van der Waals surface area contributed by atoms with Crippen molar-refractivity contribution in [1.29, 1.82) is 0 Å². The normalized spacial score (nSPS) is 11.8. The third-order valence-corrected chi connectivity index (χ3v) is 10.3. The predicted molar refractivity (Wildman–Crippen MR) is 214 cm³/mol. The van der Waals surface area contributed by atoms with Gasteiger partial charge in [-0.05, 0) is 82.9 Å². The number of hydrogen-bond acceptors (Lipinski definition) is 4. The number of rotatable bonds is 5. The van der Waals surface area contributed by atoms with E-state index in [1.54, 1.807) is 0 Å². The molecule has 3 heterocycles. The lowest BCUT2D eigenvalue weighted by Gasteiger charge is -2.26. The Labute approximate surface area is 298 Å². The molecule has 0 fully saturated rings. The smallest absolute Gasteiger partial charge is 0.159 e. The minimum atomic E-state index is 0.805. The first-order chi connectivity index (χ1) is 25.8. The van der Waals surface area contributed by atoms with Gasteiger partial charge in [-0.3, -0.25) is 0 Å². The Morgan fingerprint density at radius 3 is 1.62 bits per heavy atom. The minimum Gasteiger partial charge on any atom is -0.456 e. The molecule has 0 saturated carbocycles. The lowest BCUT2D eigenvalue weighted by molar-refractivity contribution is 0.662. The van der Waals surface area contributed by atoms with E-state index in [-0.39, 0.29) is 0 Å². The number of para-hydroxylation sites is 3. The van der Waals surface area contributed by atoms with Gasteiger partial charge in [-0.2, -0.15) is 0 Å². The van der Waals surface area contributed by atoms with Gasteiger partial charge in [-0.1, -0.05) is 115 Å². The van der Waals surface area contributed by atoms with Crippen LogP contribution in [0.25, 0.3) is 88.1 Å². The van der Waals surface area contributed by atoms with Crippen LogP contribution in [-0.4, -0.2) is 0 Å². The van der Waals surface area contributed by atoms with Gasteiger partial charge in [-0.25, -0.2) is 0 Å². The Morgan fingerprint density at radius 1 is 0.308 bits per heavy atom. The van der Waals surface area contributed by atoms with Gasteiger partial charge in [0.25, 0.3) is 0 Å². The zero-order valence-corrected chi connectivity index (χ0v) is 27.9. The molecule has 52 heavy (non-hydrogen) atoms. The molecule has 0 atom stereocenters. The summed E-state index contributed by atoms with van der Waals surface area (Å²) in [4.78, 5) is 2.31. The van der Waals surface area contributed by atoms with Crippen LogP contribution in [0.1, 0.15) is 0 Å². The van der Waals surface area contributed by atoms with Crippen LogP contribution in [0.5, 0.6) is 0 Å². The van der Waals surface area contributed by atoms with E-state index in [1.165, 1.54) is 11.1 Å². The van der Waals surface area contributed by atoms with Crippen LogP contribution in [0.4, 0.5) is 17.1 Å². The van der Waals surface area contributed by atoms with Gasteiger partial charge in [0.15, 0.2) is 5.58 Å². The molecule has 11 rings (SSSR count). The van der Waals surface area contributed by atoms with Crippen LogP contribution in [0.3, 0.4) is 0 Å². The fourth-order valence-electron chi connectivity index (χ4n) is 7.89. The van der Waals surface area contributed by atoms with E-state index in [4.69, 9.17) is 13.3 Å². The van der Waals surface area contributed by atoms with Crippen molar-refractivity contribution in [2.24, 2.45) is 0 Å². The monoisotopic (exact) mass is 667 g/mol. The lowest BCUT2D eigenvalue weighted by Crippen LogP contribution is -2.10. The first-order valence-corrected chi connectivity index (χ1v) is 17.5. The summed E-state index contributed by atoms with van der Waals surface area (Å²) < 4.78 is 19.6. The molecule has 0 aliphatic rings. The molecule has 0 aliphatic carbocycles. The highest BCUT2D eigenvalue weighted by Crippen LogP contribution is 2.48. The maximum absolute atomic E-state index is 6.99.